The summed E-state index contributed by atoms with van der Waals surface area (Å²) in [5, 5.41) is 56.2. The monoisotopic (exact) mass is 1250 g/mol. The number of aryl methyl sites for hydroxylation is 2. The highest BCUT2D eigenvalue weighted by Gasteiger charge is 2.61. The van der Waals surface area contributed by atoms with Crippen molar-refractivity contribution in [2.75, 3.05) is 62.1 Å². The predicted molar refractivity (Wildman–Crippen MR) is 325 cm³/mol. The van der Waals surface area contributed by atoms with Gasteiger partial charge in [-0.2, -0.15) is 10.5 Å². The van der Waals surface area contributed by atoms with Gasteiger partial charge in [0.2, 0.25) is 18.4 Å². The molecule has 4 amide bonds. The lowest BCUT2D eigenvalue weighted by molar-refractivity contribution is -0.134. The summed E-state index contributed by atoms with van der Waals surface area (Å²) in [5.74, 6) is -1.38. The molecule has 23 heteroatoms. The number of ketones is 2. The Kier molecular flexibility index (Phi) is 14.4. The molecule has 9 heterocycles. The van der Waals surface area contributed by atoms with Gasteiger partial charge in [-0.3, -0.25) is 58.2 Å². The molecule has 0 radical (unpaired) electrons. The van der Waals surface area contributed by atoms with Crippen molar-refractivity contribution in [1.82, 2.24) is 29.4 Å². The molecule has 10 aliphatic rings. The number of fused-ring (bicyclic) bond motifs is 17. The molecule has 0 aromatic heterocycles. The van der Waals surface area contributed by atoms with E-state index in [0.29, 0.717) is 81.4 Å². The third-order valence-corrected chi connectivity index (χ3v) is 20.9. The summed E-state index contributed by atoms with van der Waals surface area (Å²) in [6, 6.07) is 16.7. The fourth-order valence-electron chi connectivity index (χ4n) is 17.0. The van der Waals surface area contributed by atoms with E-state index in [2.05, 4.69) is 28.0 Å². The summed E-state index contributed by atoms with van der Waals surface area (Å²) < 4.78 is 34.9. The van der Waals surface area contributed by atoms with Gasteiger partial charge in [-0.15, -0.1) is 0 Å². The molecule has 2 saturated heterocycles. The number of ether oxygens (including phenoxy) is 6. The summed E-state index contributed by atoms with van der Waals surface area (Å²) in [6.07, 6.45) is 1.41. The van der Waals surface area contributed by atoms with Crippen LogP contribution < -0.4 is 23.7 Å². The van der Waals surface area contributed by atoms with Crippen molar-refractivity contribution < 1.29 is 72.5 Å². The van der Waals surface area contributed by atoms with E-state index in [1.165, 1.54) is 18.9 Å². The van der Waals surface area contributed by atoms with Gasteiger partial charge in [0.25, 0.3) is 23.6 Å². The first kappa shape index (κ1) is 60.0. The van der Waals surface area contributed by atoms with E-state index in [1.807, 2.05) is 43.8 Å². The summed E-state index contributed by atoms with van der Waals surface area (Å²) in [6.45, 7) is 6.62. The number of aromatic hydroxyl groups is 2. The number of hydrogen-bond donors (Lipinski definition) is 3. The highest BCUT2D eigenvalue weighted by Crippen LogP contribution is 2.60. The number of nitrogens with zero attached hydrogens (tertiary/aromatic N) is 8. The second-order valence-corrected chi connectivity index (χ2v) is 25.2. The number of amides is 4. The van der Waals surface area contributed by atoms with Crippen LogP contribution in [0.1, 0.15) is 123 Å². The second-order valence-electron chi connectivity index (χ2n) is 25.2. The second kappa shape index (κ2) is 22.1. The first-order valence-electron chi connectivity index (χ1n) is 30.5. The van der Waals surface area contributed by atoms with Gasteiger partial charge < -0.3 is 43.7 Å². The summed E-state index contributed by atoms with van der Waals surface area (Å²) in [5.41, 5.74) is 8.31. The summed E-state index contributed by atoms with van der Waals surface area (Å²) >= 11 is 0. The molecule has 4 bridgehead atoms. The molecule has 23 nitrogen and oxygen atoms in total. The number of aliphatic hydroxyl groups excluding tert-OH is 1. The number of Topliss-reactive ketones (excluding diaryl/α,β-unsaturated/α-hetero) is 2. The van der Waals surface area contributed by atoms with Crippen LogP contribution in [0.25, 0.3) is 0 Å². The van der Waals surface area contributed by atoms with Crippen LogP contribution >= 0.6 is 0 Å². The standard InChI is InChI=1S/C36H36N4O8.C33H30N4O7/c1-17-10-19-11-23-25(13-37)40-24(29(38(23)3)27(19)33(31(17)45-5)46-15-44-4)12-22-28(34-32(47-16-48-34)18(2)30(22)41)26(40)14-39-35(42)20-8-6-7-9-21(20)36(39)43;1-14-9-16-10-20-22(12-34)37-21(26(35(20)3)24(16)30(41)31(14)44-4)11-19-25(29(40)28(39)15(2)27(19)38)23(37)13-36-32(42)17-7-5-6-8-18(17)33(36)43/h6-10,23-26,29,41H,11-12,14-16H2,1-5H3;5-9,20-23,26,38,41H,10-11,13H2,1-4H3/t23-,24-,25-,26-,29-;20-,21-,22-,23-,26-/m00/s1. The van der Waals surface area contributed by atoms with Crippen molar-refractivity contribution in [3.05, 3.63) is 155 Å². The Morgan fingerprint density at radius 3 is 1.60 bits per heavy atom. The van der Waals surface area contributed by atoms with Gasteiger partial charge in [-0.05, 0) is 114 Å². The van der Waals surface area contributed by atoms with E-state index in [1.54, 1.807) is 69.7 Å². The zero-order chi connectivity index (χ0) is 64.9. The Balaban J connectivity index is 0.000000160. The highest BCUT2D eigenvalue weighted by molar-refractivity contribution is 6.50. The van der Waals surface area contributed by atoms with E-state index >= 15 is 0 Å². The molecule has 2 fully saturated rings. The van der Waals surface area contributed by atoms with E-state index in [9.17, 15) is 54.6 Å². The minimum absolute atomic E-state index is 0.000264. The van der Waals surface area contributed by atoms with Gasteiger partial charge in [-0.1, -0.05) is 36.4 Å². The first-order valence-corrected chi connectivity index (χ1v) is 30.5. The number of likely N-dealkylation sites (N-methyl/N-ethyl adjacent to an activating group) is 2. The van der Waals surface area contributed by atoms with Gasteiger partial charge >= 0.3 is 0 Å². The number of imide groups is 2. The van der Waals surface area contributed by atoms with Gasteiger partial charge in [0.05, 0.1) is 72.8 Å². The Hall–Kier alpha value is -9.62. The van der Waals surface area contributed by atoms with Crippen molar-refractivity contribution in [3.8, 4) is 52.4 Å². The molecular weight excluding hydrogens is 1180 g/mol. The van der Waals surface area contributed by atoms with Crippen molar-refractivity contribution in [1.29, 1.82) is 10.5 Å². The third-order valence-electron chi connectivity index (χ3n) is 20.9. The number of piperazine rings is 2. The molecular formula is C69H66N8O15. The fraction of sp³-hybridized carbons (Fsp3) is 0.391. The van der Waals surface area contributed by atoms with E-state index in [-0.39, 0.29) is 102 Å². The fourth-order valence-corrected chi connectivity index (χ4v) is 17.0. The maximum absolute atomic E-state index is 13.8. The number of nitriles is 2. The Labute approximate surface area is 529 Å². The normalized spacial score (nSPS) is 26.6. The SMILES string of the molecule is COCOc1c(OC)c(C)cc2c1[C@@H]1[C@@H]3Cc4c(O)c(C)c5c(c4[C@H](CN4C(=O)c6ccccc6C4=O)N3[C@@H](C#N)[C@H](C2)N1C)OCO5.COc1c(C)cc2c(c1O)[C@@H]1[C@@H]3CC4=C(C(=O)C(=O)C(C)=C4O)[C@H](CN4C(=O)c5ccccc5C4=O)N3[C@@H](C#N)[C@H](C2)N1C. The number of allylic oxidation sites excluding steroid dienone is 2. The van der Waals surface area contributed by atoms with Crippen LogP contribution in [0, 0.1) is 43.4 Å². The molecule has 10 atom stereocenters. The lowest BCUT2D eigenvalue weighted by atomic mass is 9.70. The molecule has 472 valence electrons. The molecule has 0 unspecified atom stereocenters. The van der Waals surface area contributed by atoms with Crippen LogP contribution in [-0.2, 0) is 33.6 Å². The summed E-state index contributed by atoms with van der Waals surface area (Å²) in [4.78, 5) is 91.9. The number of hydrogen-bond acceptors (Lipinski definition) is 21. The van der Waals surface area contributed by atoms with Crippen LogP contribution in [0.5, 0.6) is 40.2 Å². The average Bonchev–Trinajstić information content (AvgIpc) is 1.12. The van der Waals surface area contributed by atoms with Crippen LogP contribution in [0.4, 0.5) is 0 Å². The molecule has 15 rings (SSSR count). The van der Waals surface area contributed by atoms with Gasteiger partial charge in [0.1, 0.15) is 23.6 Å². The smallest absolute Gasteiger partial charge is 0.261 e. The number of carbonyl (C=O) groups is 6. The number of aliphatic hydroxyl groups is 1. The molecule has 9 aliphatic heterocycles. The van der Waals surface area contributed by atoms with Crippen LogP contribution in [0.15, 0.2) is 83.1 Å². The topological polar surface area (TPSA) is 286 Å². The zero-order valence-corrected chi connectivity index (χ0v) is 52.0. The van der Waals surface area contributed by atoms with Gasteiger partial charge in [-0.25, -0.2) is 0 Å². The maximum atomic E-state index is 13.8. The van der Waals surface area contributed by atoms with Gasteiger partial charge in [0.15, 0.2) is 41.3 Å². The Morgan fingerprint density at radius 1 is 0.576 bits per heavy atom. The predicted octanol–water partition coefficient (Wildman–Crippen LogP) is 6.33. The van der Waals surface area contributed by atoms with Crippen LogP contribution in [-0.4, -0.2) is 184 Å². The van der Waals surface area contributed by atoms with E-state index in [4.69, 9.17) is 28.4 Å². The zero-order valence-electron chi connectivity index (χ0n) is 52.0. The number of benzene rings is 5. The third kappa shape index (κ3) is 8.34. The number of rotatable bonds is 9. The van der Waals surface area contributed by atoms with Crippen LogP contribution in [0.2, 0.25) is 0 Å². The number of methoxy groups -OCH3 is 3. The molecule has 92 heavy (non-hydrogen) atoms. The number of carbonyl (C=O) groups excluding carboxylic acids is 6. The summed E-state index contributed by atoms with van der Waals surface area (Å²) in [7, 11) is 8.56. The lowest BCUT2D eigenvalue weighted by Crippen LogP contribution is -2.71. The molecule has 3 N–H and O–H groups in total. The minimum atomic E-state index is -1.06. The Morgan fingerprint density at radius 2 is 1.07 bits per heavy atom. The first-order chi connectivity index (χ1) is 44.2. The molecule has 5 aromatic carbocycles. The van der Waals surface area contributed by atoms with Crippen molar-refractivity contribution in [3.63, 3.8) is 0 Å². The minimum Gasteiger partial charge on any atom is -0.507 e. The van der Waals surface area contributed by atoms with Crippen molar-refractivity contribution in [2.45, 2.75) is 114 Å². The quantitative estimate of drug-likeness (QED) is 0.0629. The molecule has 5 aromatic rings. The van der Waals surface area contributed by atoms with Crippen LogP contribution in [0.3, 0.4) is 0 Å². The number of phenolic OH excluding ortho intramolecular Hbond substituents is 2. The van der Waals surface area contributed by atoms with Crippen molar-refractivity contribution in [2.24, 2.45) is 0 Å². The molecule has 0 spiro atoms. The molecule has 1 aliphatic carbocycles. The highest BCUT2D eigenvalue weighted by atomic mass is 16.7. The average molecular weight is 1250 g/mol. The maximum Gasteiger partial charge on any atom is 0.261 e. The van der Waals surface area contributed by atoms with Gasteiger partial charge in [0, 0.05) is 88.9 Å². The van der Waals surface area contributed by atoms with E-state index in [0.717, 1.165) is 32.7 Å². The van der Waals surface area contributed by atoms with Crippen molar-refractivity contribution >= 4 is 35.2 Å². The number of phenols is 2. The van der Waals surface area contributed by atoms with E-state index < -0.39 is 71.4 Å². The Bertz CT molecular complexity index is 4240. The lowest BCUT2D eigenvalue weighted by Gasteiger charge is -2.60. The largest absolute Gasteiger partial charge is 0.507 e. The molecule has 0 saturated carbocycles.